The molecule has 2 heterocycles. The number of rotatable bonds is 4. The summed E-state index contributed by atoms with van der Waals surface area (Å²) >= 11 is 0. The van der Waals surface area contributed by atoms with E-state index in [1.807, 2.05) is 7.05 Å². The molecule has 6 heteroatoms. The number of nitrogens with zero attached hydrogens (tertiary/aromatic N) is 2. The van der Waals surface area contributed by atoms with E-state index in [2.05, 4.69) is 68.0 Å². The van der Waals surface area contributed by atoms with E-state index in [4.69, 9.17) is 9.47 Å². The Morgan fingerprint density at radius 3 is 2.38 bits per heavy atom. The minimum absolute atomic E-state index is 0. The van der Waals surface area contributed by atoms with Gasteiger partial charge in [0.05, 0.1) is 7.11 Å². The van der Waals surface area contributed by atoms with Gasteiger partial charge in [-0.05, 0) is 39.7 Å². The van der Waals surface area contributed by atoms with Gasteiger partial charge in [0.2, 0.25) is 0 Å². The number of benzene rings is 1. The number of likely N-dealkylation sites (tertiary alicyclic amines) is 1. The van der Waals surface area contributed by atoms with Crippen molar-refractivity contribution in [2.24, 2.45) is 10.4 Å². The van der Waals surface area contributed by atoms with Gasteiger partial charge in [0.25, 0.3) is 0 Å². The number of methoxy groups -OCH3 is 1. The molecule has 0 aliphatic carbocycles. The Bertz CT molecular complexity index is 740. The Kier molecular flexibility index (Phi) is 7.53. The van der Waals surface area contributed by atoms with Crippen molar-refractivity contribution in [2.75, 3.05) is 40.5 Å². The van der Waals surface area contributed by atoms with E-state index in [0.29, 0.717) is 0 Å². The second-order valence-electron chi connectivity index (χ2n) is 9.53. The summed E-state index contributed by atoms with van der Waals surface area (Å²) in [4.78, 5) is 7.01. The van der Waals surface area contributed by atoms with Gasteiger partial charge in [0.1, 0.15) is 5.75 Å². The highest BCUT2D eigenvalue weighted by atomic mass is 127. The number of hydrogen-bond acceptors (Lipinski definition) is 3. The molecule has 0 aromatic heterocycles. The van der Waals surface area contributed by atoms with Crippen LogP contribution in [0.1, 0.15) is 51.7 Å². The molecule has 3 rings (SSSR count). The van der Waals surface area contributed by atoms with Gasteiger partial charge < -0.3 is 19.7 Å². The Labute approximate surface area is 193 Å². The molecule has 1 aromatic carbocycles. The smallest absolute Gasteiger partial charge is 0.194 e. The van der Waals surface area contributed by atoms with Crippen LogP contribution >= 0.6 is 24.0 Å². The second-order valence-corrected chi connectivity index (χ2v) is 9.53. The van der Waals surface area contributed by atoms with Gasteiger partial charge >= 0.3 is 0 Å². The van der Waals surface area contributed by atoms with Crippen molar-refractivity contribution < 1.29 is 9.47 Å². The molecule has 164 valence electrons. The minimum Gasteiger partial charge on any atom is -0.496 e. The van der Waals surface area contributed by atoms with E-state index in [9.17, 15) is 0 Å². The zero-order chi connectivity index (χ0) is 20.6. The third-order valence-electron chi connectivity index (χ3n) is 7.31. The van der Waals surface area contributed by atoms with Crippen LogP contribution in [0.25, 0.3) is 0 Å². The molecule has 1 N–H and O–H groups in total. The first-order valence-electron chi connectivity index (χ1n) is 10.4. The summed E-state index contributed by atoms with van der Waals surface area (Å²) in [7, 11) is 3.64. The molecule has 0 unspecified atom stereocenters. The number of guanidine groups is 1. The molecule has 0 amide bonds. The predicted molar refractivity (Wildman–Crippen MR) is 131 cm³/mol. The summed E-state index contributed by atoms with van der Waals surface area (Å²) in [5.41, 5.74) is 2.89. The number of aryl methyl sites for hydroxylation is 1. The molecule has 0 saturated carbocycles. The first-order valence-corrected chi connectivity index (χ1v) is 10.4. The van der Waals surface area contributed by atoms with Crippen molar-refractivity contribution in [3.8, 4) is 5.75 Å². The SMILES string of the molecule is CN=C(NCC1(c2cc(C)ccc2OC)CCOCC1)N1CC(C)(C)C1(C)C.I. The number of aliphatic imine (C=N–C) groups is 1. The van der Waals surface area contributed by atoms with E-state index >= 15 is 0 Å². The Hall–Kier alpha value is -1.02. The van der Waals surface area contributed by atoms with Gasteiger partial charge in [0, 0.05) is 55.3 Å². The third kappa shape index (κ3) is 4.38. The molecule has 2 aliphatic heterocycles. The van der Waals surface area contributed by atoms with Crippen LogP contribution in [-0.4, -0.2) is 56.9 Å². The van der Waals surface area contributed by atoms with Gasteiger partial charge in [-0.15, -0.1) is 24.0 Å². The maximum Gasteiger partial charge on any atom is 0.194 e. The van der Waals surface area contributed by atoms with Crippen molar-refractivity contribution in [2.45, 2.75) is 58.4 Å². The normalized spacial score (nSPS) is 22.3. The van der Waals surface area contributed by atoms with Gasteiger partial charge in [-0.1, -0.05) is 31.5 Å². The van der Waals surface area contributed by atoms with Crippen molar-refractivity contribution in [1.29, 1.82) is 0 Å². The highest BCUT2D eigenvalue weighted by Crippen LogP contribution is 2.46. The monoisotopic (exact) mass is 515 g/mol. The third-order valence-corrected chi connectivity index (χ3v) is 7.31. The molecule has 0 radical (unpaired) electrons. The average Bonchev–Trinajstić information content (AvgIpc) is 2.68. The highest BCUT2D eigenvalue weighted by Gasteiger charge is 2.54. The molecule has 0 atom stereocenters. The number of halogens is 1. The fourth-order valence-corrected chi connectivity index (χ4v) is 4.48. The molecule has 5 nitrogen and oxygen atoms in total. The number of ether oxygens (including phenoxy) is 2. The molecule has 2 saturated heterocycles. The lowest BCUT2D eigenvalue weighted by Crippen LogP contribution is -2.72. The molecular formula is C23H38IN3O2. The standard InChI is InChI=1S/C23H37N3O2.HI/c1-17-8-9-19(27-7)18(14-17)23(10-12-28-13-11-23)15-25-20(24-6)26-16-21(2,3)22(26,4)5;/h8-9,14H,10-13,15-16H2,1-7H3,(H,24,25);1H. The second kappa shape index (κ2) is 9.00. The fraction of sp³-hybridized carbons (Fsp3) is 0.696. The van der Waals surface area contributed by atoms with Gasteiger partial charge in [-0.25, -0.2) is 0 Å². The van der Waals surface area contributed by atoms with Crippen LogP contribution in [0.5, 0.6) is 5.75 Å². The van der Waals surface area contributed by atoms with E-state index in [-0.39, 0.29) is 40.3 Å². The predicted octanol–water partition coefficient (Wildman–Crippen LogP) is 4.37. The zero-order valence-corrected chi connectivity index (χ0v) is 21.4. The summed E-state index contributed by atoms with van der Waals surface area (Å²) in [6.07, 6.45) is 1.96. The molecule has 2 fully saturated rings. The van der Waals surface area contributed by atoms with Crippen LogP contribution in [0.15, 0.2) is 23.2 Å². The summed E-state index contributed by atoms with van der Waals surface area (Å²) in [5.74, 6) is 1.96. The fourth-order valence-electron chi connectivity index (χ4n) is 4.48. The first-order chi connectivity index (χ1) is 13.2. The maximum atomic E-state index is 5.74. The van der Waals surface area contributed by atoms with Crippen molar-refractivity contribution in [1.82, 2.24) is 10.2 Å². The minimum atomic E-state index is -0.0178. The Morgan fingerprint density at radius 1 is 1.21 bits per heavy atom. The molecule has 1 aromatic rings. The van der Waals surface area contributed by atoms with Crippen LogP contribution in [0.4, 0.5) is 0 Å². The lowest BCUT2D eigenvalue weighted by molar-refractivity contribution is -0.0671. The quantitative estimate of drug-likeness (QED) is 0.368. The van der Waals surface area contributed by atoms with Crippen LogP contribution in [0.2, 0.25) is 0 Å². The van der Waals surface area contributed by atoms with E-state index in [0.717, 1.165) is 50.9 Å². The summed E-state index contributed by atoms with van der Waals surface area (Å²) in [6.45, 7) is 14.8. The molecule has 2 aliphatic rings. The van der Waals surface area contributed by atoms with Gasteiger partial charge in [-0.3, -0.25) is 4.99 Å². The maximum absolute atomic E-state index is 5.74. The van der Waals surface area contributed by atoms with E-state index in [1.165, 1.54) is 11.1 Å². The molecule has 0 bridgehead atoms. The molecular weight excluding hydrogens is 477 g/mol. The van der Waals surface area contributed by atoms with Gasteiger partial charge in [0.15, 0.2) is 5.96 Å². The van der Waals surface area contributed by atoms with Crippen molar-refractivity contribution in [3.05, 3.63) is 29.3 Å². The largest absolute Gasteiger partial charge is 0.496 e. The molecule has 29 heavy (non-hydrogen) atoms. The average molecular weight is 515 g/mol. The Morgan fingerprint density at radius 2 is 1.86 bits per heavy atom. The Balaban J connectivity index is 0.00000300. The van der Waals surface area contributed by atoms with Gasteiger partial charge in [-0.2, -0.15) is 0 Å². The number of nitrogens with one attached hydrogen (secondary N) is 1. The highest BCUT2D eigenvalue weighted by molar-refractivity contribution is 14.0. The summed E-state index contributed by atoms with van der Waals surface area (Å²) in [5, 5.41) is 3.71. The zero-order valence-electron chi connectivity index (χ0n) is 19.1. The molecule has 0 spiro atoms. The lowest BCUT2D eigenvalue weighted by Gasteiger charge is -2.62. The van der Waals surface area contributed by atoms with Crippen LogP contribution in [-0.2, 0) is 10.2 Å². The number of hydrogen-bond donors (Lipinski definition) is 1. The summed E-state index contributed by atoms with van der Waals surface area (Å²) in [6, 6.07) is 6.50. The van der Waals surface area contributed by atoms with Crippen LogP contribution in [0, 0.1) is 12.3 Å². The van der Waals surface area contributed by atoms with Crippen LogP contribution < -0.4 is 10.1 Å². The topological polar surface area (TPSA) is 46.1 Å². The lowest BCUT2D eigenvalue weighted by atomic mass is 9.65. The first kappa shape index (κ1) is 24.3. The van der Waals surface area contributed by atoms with E-state index in [1.54, 1.807) is 7.11 Å². The van der Waals surface area contributed by atoms with Crippen molar-refractivity contribution in [3.63, 3.8) is 0 Å². The van der Waals surface area contributed by atoms with E-state index < -0.39 is 0 Å². The van der Waals surface area contributed by atoms with Crippen molar-refractivity contribution >= 4 is 29.9 Å². The summed E-state index contributed by atoms with van der Waals surface area (Å²) < 4.78 is 11.5. The van der Waals surface area contributed by atoms with Crippen LogP contribution in [0.3, 0.4) is 0 Å².